The molecule has 2 heterocycles. The van der Waals surface area contributed by atoms with Gasteiger partial charge in [0.05, 0.1) is 21.7 Å². The number of halogens is 1. The Morgan fingerprint density at radius 2 is 1.96 bits per heavy atom. The molecule has 0 saturated heterocycles. The number of nitrogens with one attached hydrogen (secondary N) is 1. The first-order valence-corrected chi connectivity index (χ1v) is 8.39. The van der Waals surface area contributed by atoms with Crippen molar-refractivity contribution in [1.29, 1.82) is 0 Å². The standard InChI is InChI=1S/C18H16BrN3O/c1-22-10-16(19)17(23)15-8-14(9-20-18(15)22)21-13-6-11-4-2-3-5-12(11)7-13/h2-5,8-10,13,21H,6-7H2,1H3. The molecule has 4 rings (SSSR count). The quantitative estimate of drug-likeness (QED) is 0.753. The summed E-state index contributed by atoms with van der Waals surface area (Å²) in [5, 5.41) is 4.15. The Morgan fingerprint density at radius 1 is 1.26 bits per heavy atom. The van der Waals surface area contributed by atoms with E-state index in [1.807, 2.05) is 17.7 Å². The van der Waals surface area contributed by atoms with Gasteiger partial charge in [-0.2, -0.15) is 0 Å². The second kappa shape index (κ2) is 5.49. The Hall–Kier alpha value is -2.14. The summed E-state index contributed by atoms with van der Waals surface area (Å²) in [7, 11) is 1.89. The first-order valence-electron chi connectivity index (χ1n) is 7.60. The summed E-state index contributed by atoms with van der Waals surface area (Å²) in [5.74, 6) is 0. The molecular formula is C18H16BrN3O. The minimum Gasteiger partial charge on any atom is -0.380 e. The third kappa shape index (κ3) is 2.55. The van der Waals surface area contributed by atoms with Gasteiger partial charge in [-0.3, -0.25) is 4.79 Å². The average Bonchev–Trinajstić information content (AvgIpc) is 2.95. The van der Waals surface area contributed by atoms with Crippen LogP contribution >= 0.6 is 15.9 Å². The largest absolute Gasteiger partial charge is 0.380 e. The molecule has 0 atom stereocenters. The maximum atomic E-state index is 12.3. The van der Waals surface area contributed by atoms with Crippen LogP contribution in [0, 0.1) is 0 Å². The van der Waals surface area contributed by atoms with E-state index in [-0.39, 0.29) is 5.43 Å². The number of pyridine rings is 2. The second-order valence-corrected chi connectivity index (χ2v) is 6.88. The number of hydrogen-bond donors (Lipinski definition) is 1. The molecule has 0 unspecified atom stereocenters. The predicted molar refractivity (Wildman–Crippen MR) is 95.9 cm³/mol. The van der Waals surface area contributed by atoms with Crippen LogP contribution in [0.1, 0.15) is 11.1 Å². The third-order valence-electron chi connectivity index (χ3n) is 4.39. The van der Waals surface area contributed by atoms with Crippen LogP contribution in [-0.2, 0) is 19.9 Å². The highest BCUT2D eigenvalue weighted by atomic mass is 79.9. The lowest BCUT2D eigenvalue weighted by Crippen LogP contribution is -2.20. The lowest BCUT2D eigenvalue weighted by atomic mass is 10.1. The summed E-state index contributed by atoms with van der Waals surface area (Å²) in [6.07, 6.45) is 5.56. The van der Waals surface area contributed by atoms with Gasteiger partial charge < -0.3 is 9.88 Å². The lowest BCUT2D eigenvalue weighted by Gasteiger charge is -2.14. The van der Waals surface area contributed by atoms with Crippen LogP contribution in [-0.4, -0.2) is 15.6 Å². The van der Waals surface area contributed by atoms with E-state index in [0.717, 1.165) is 18.5 Å². The predicted octanol–water partition coefficient (Wildman–Crippen LogP) is 3.28. The van der Waals surface area contributed by atoms with E-state index in [9.17, 15) is 4.79 Å². The molecule has 0 saturated carbocycles. The van der Waals surface area contributed by atoms with Crippen molar-refractivity contribution in [2.24, 2.45) is 7.05 Å². The Morgan fingerprint density at radius 3 is 2.65 bits per heavy atom. The summed E-state index contributed by atoms with van der Waals surface area (Å²) in [4.78, 5) is 16.8. The van der Waals surface area contributed by atoms with Crippen LogP contribution in [0.5, 0.6) is 0 Å². The molecule has 1 aromatic carbocycles. The number of benzene rings is 1. The highest BCUT2D eigenvalue weighted by Gasteiger charge is 2.21. The zero-order chi connectivity index (χ0) is 16.0. The van der Waals surface area contributed by atoms with Gasteiger partial charge in [-0.15, -0.1) is 0 Å². The van der Waals surface area contributed by atoms with E-state index in [4.69, 9.17) is 0 Å². The number of hydrogen-bond acceptors (Lipinski definition) is 3. The van der Waals surface area contributed by atoms with Crippen LogP contribution in [0.15, 0.2) is 52.0 Å². The molecule has 116 valence electrons. The maximum absolute atomic E-state index is 12.3. The Kier molecular flexibility index (Phi) is 3.45. The highest BCUT2D eigenvalue weighted by molar-refractivity contribution is 9.10. The van der Waals surface area contributed by atoms with Crippen molar-refractivity contribution in [3.8, 4) is 0 Å². The van der Waals surface area contributed by atoms with E-state index >= 15 is 0 Å². The van der Waals surface area contributed by atoms with Crippen molar-refractivity contribution in [3.05, 3.63) is 68.5 Å². The van der Waals surface area contributed by atoms with Gasteiger partial charge in [0, 0.05) is 19.3 Å². The molecule has 1 aliphatic rings. The third-order valence-corrected chi connectivity index (χ3v) is 4.96. The fourth-order valence-corrected chi connectivity index (χ4v) is 3.82. The Labute approximate surface area is 142 Å². The molecule has 4 nitrogen and oxygen atoms in total. The van der Waals surface area contributed by atoms with Gasteiger partial charge in [-0.1, -0.05) is 24.3 Å². The van der Waals surface area contributed by atoms with Crippen molar-refractivity contribution in [3.63, 3.8) is 0 Å². The summed E-state index contributed by atoms with van der Waals surface area (Å²) >= 11 is 3.32. The van der Waals surface area contributed by atoms with Crippen molar-refractivity contribution < 1.29 is 0 Å². The van der Waals surface area contributed by atoms with Crippen LogP contribution in [0.2, 0.25) is 0 Å². The molecule has 2 aromatic heterocycles. The Balaban J connectivity index is 1.66. The molecule has 1 aliphatic carbocycles. The van der Waals surface area contributed by atoms with Gasteiger partial charge in [0.1, 0.15) is 5.65 Å². The van der Waals surface area contributed by atoms with Crippen LogP contribution < -0.4 is 10.7 Å². The number of aryl methyl sites for hydroxylation is 1. The topological polar surface area (TPSA) is 46.9 Å². The van der Waals surface area contributed by atoms with E-state index in [1.165, 1.54) is 11.1 Å². The smallest absolute Gasteiger partial charge is 0.205 e. The maximum Gasteiger partial charge on any atom is 0.205 e. The summed E-state index contributed by atoms with van der Waals surface area (Å²) in [5.41, 5.74) is 4.36. The molecule has 0 fully saturated rings. The minimum atomic E-state index is -0.0241. The zero-order valence-corrected chi connectivity index (χ0v) is 14.3. The molecule has 0 radical (unpaired) electrons. The van der Waals surface area contributed by atoms with E-state index in [0.29, 0.717) is 21.5 Å². The van der Waals surface area contributed by atoms with E-state index < -0.39 is 0 Å². The number of fused-ring (bicyclic) bond motifs is 2. The first kappa shape index (κ1) is 14.5. The first-order chi connectivity index (χ1) is 11.1. The molecule has 23 heavy (non-hydrogen) atoms. The van der Waals surface area contributed by atoms with Gasteiger partial charge >= 0.3 is 0 Å². The Bertz CT molecular complexity index is 939. The zero-order valence-electron chi connectivity index (χ0n) is 12.7. The van der Waals surface area contributed by atoms with Crippen molar-refractivity contribution >= 4 is 32.7 Å². The number of anilines is 1. The lowest BCUT2D eigenvalue weighted by molar-refractivity contribution is 0.773. The normalized spacial score (nSPS) is 14.2. The summed E-state index contributed by atoms with van der Waals surface area (Å²) < 4.78 is 2.41. The SMILES string of the molecule is Cn1cc(Br)c(=O)c2cc(NC3Cc4ccccc4C3)cnc21. The van der Waals surface area contributed by atoms with Crippen LogP contribution in [0.25, 0.3) is 11.0 Å². The van der Waals surface area contributed by atoms with Crippen molar-refractivity contribution in [1.82, 2.24) is 9.55 Å². The molecule has 5 heteroatoms. The fourth-order valence-electron chi connectivity index (χ4n) is 3.30. The van der Waals surface area contributed by atoms with Crippen molar-refractivity contribution in [2.45, 2.75) is 18.9 Å². The van der Waals surface area contributed by atoms with Crippen LogP contribution in [0.3, 0.4) is 0 Å². The van der Waals surface area contributed by atoms with Gasteiger partial charge in [-0.05, 0) is 46.0 Å². The molecule has 1 N–H and O–H groups in total. The summed E-state index contributed by atoms with van der Waals surface area (Å²) in [6, 6.07) is 10.8. The number of nitrogens with zero attached hydrogens (tertiary/aromatic N) is 2. The molecular weight excluding hydrogens is 354 g/mol. The van der Waals surface area contributed by atoms with Gasteiger partial charge in [0.15, 0.2) is 0 Å². The van der Waals surface area contributed by atoms with E-state index in [2.05, 4.69) is 50.5 Å². The highest BCUT2D eigenvalue weighted by Crippen LogP contribution is 2.25. The second-order valence-electron chi connectivity index (χ2n) is 6.03. The number of rotatable bonds is 2. The number of aromatic nitrogens is 2. The van der Waals surface area contributed by atoms with Crippen LogP contribution in [0.4, 0.5) is 5.69 Å². The molecule has 3 aromatic rings. The summed E-state index contributed by atoms with van der Waals surface area (Å²) in [6.45, 7) is 0. The molecule has 0 spiro atoms. The van der Waals surface area contributed by atoms with Crippen molar-refractivity contribution in [2.75, 3.05) is 5.32 Å². The average molecular weight is 370 g/mol. The molecule has 0 aliphatic heterocycles. The van der Waals surface area contributed by atoms with E-state index in [1.54, 1.807) is 12.4 Å². The minimum absolute atomic E-state index is 0.0241. The monoisotopic (exact) mass is 369 g/mol. The molecule has 0 bridgehead atoms. The van der Waals surface area contributed by atoms with Gasteiger partial charge in [0.2, 0.25) is 5.43 Å². The fraction of sp³-hybridized carbons (Fsp3) is 0.222. The van der Waals surface area contributed by atoms with Gasteiger partial charge in [-0.25, -0.2) is 4.98 Å². The molecule has 0 amide bonds. The van der Waals surface area contributed by atoms with Gasteiger partial charge in [0.25, 0.3) is 0 Å².